The number of benzene rings is 2. The van der Waals surface area contributed by atoms with Crippen LogP contribution in [0.15, 0.2) is 65.0 Å². The van der Waals surface area contributed by atoms with Crippen LogP contribution in [-0.2, 0) is 21.2 Å². The van der Waals surface area contributed by atoms with Gasteiger partial charge in [0.1, 0.15) is 5.82 Å². The number of carbonyl (C=O) groups is 1. The Bertz CT molecular complexity index is 987. The van der Waals surface area contributed by atoms with E-state index in [0.29, 0.717) is 10.8 Å². The number of sulfonamides is 1. The van der Waals surface area contributed by atoms with Crippen LogP contribution in [-0.4, -0.2) is 19.3 Å². The third kappa shape index (κ3) is 4.64. The Hall–Kier alpha value is -2.78. The first-order valence-corrected chi connectivity index (χ1v) is 9.85. The fourth-order valence-corrected chi connectivity index (χ4v) is 3.76. The van der Waals surface area contributed by atoms with Crippen molar-refractivity contribution < 1.29 is 17.6 Å². The second-order valence-corrected chi connectivity index (χ2v) is 7.90. The van der Waals surface area contributed by atoms with E-state index in [2.05, 4.69) is 15.0 Å². The Morgan fingerprint density at radius 2 is 1.77 bits per heavy atom. The summed E-state index contributed by atoms with van der Waals surface area (Å²) >= 11 is 1.33. The average Bonchev–Trinajstić information content (AvgIpc) is 3.09. The topological polar surface area (TPSA) is 88.2 Å². The second-order valence-electron chi connectivity index (χ2n) is 5.32. The second kappa shape index (κ2) is 7.63. The summed E-state index contributed by atoms with van der Waals surface area (Å²) in [6.07, 6.45) is 1.74. The molecule has 3 aromatic rings. The summed E-state index contributed by atoms with van der Waals surface area (Å²) in [6, 6.07) is 11.0. The molecule has 9 heteroatoms. The summed E-state index contributed by atoms with van der Waals surface area (Å²) in [7, 11) is -3.80. The Labute approximate surface area is 153 Å². The van der Waals surface area contributed by atoms with E-state index in [4.69, 9.17) is 0 Å². The van der Waals surface area contributed by atoms with Crippen molar-refractivity contribution in [3.63, 3.8) is 0 Å². The van der Waals surface area contributed by atoms with Crippen LogP contribution in [0.1, 0.15) is 5.56 Å². The first kappa shape index (κ1) is 18.0. The lowest BCUT2D eigenvalue weighted by molar-refractivity contribution is -0.115. The SMILES string of the molecule is O=C(Cc1ccc(NS(=O)(=O)c2ccc(F)cc2)cc1)Nc1nccs1. The van der Waals surface area contributed by atoms with Crippen molar-refractivity contribution >= 4 is 38.1 Å². The highest BCUT2D eigenvalue weighted by Gasteiger charge is 2.14. The molecular formula is C17H14FN3O3S2. The maximum Gasteiger partial charge on any atom is 0.261 e. The van der Waals surface area contributed by atoms with Gasteiger partial charge in [-0.15, -0.1) is 11.3 Å². The number of nitrogens with one attached hydrogen (secondary N) is 2. The number of hydrogen-bond donors (Lipinski definition) is 2. The lowest BCUT2D eigenvalue weighted by atomic mass is 10.1. The van der Waals surface area contributed by atoms with Crippen molar-refractivity contribution in [1.82, 2.24) is 4.98 Å². The number of rotatable bonds is 6. The van der Waals surface area contributed by atoms with Crippen LogP contribution in [0.5, 0.6) is 0 Å². The molecule has 0 spiro atoms. The van der Waals surface area contributed by atoms with Crippen molar-refractivity contribution in [3.8, 4) is 0 Å². The van der Waals surface area contributed by atoms with Gasteiger partial charge in [-0.25, -0.2) is 17.8 Å². The van der Waals surface area contributed by atoms with E-state index in [-0.39, 0.29) is 17.2 Å². The quantitative estimate of drug-likeness (QED) is 0.675. The minimum Gasteiger partial charge on any atom is -0.302 e. The van der Waals surface area contributed by atoms with Gasteiger partial charge in [-0.3, -0.25) is 9.52 Å². The molecule has 0 unspecified atom stereocenters. The number of carbonyl (C=O) groups excluding carboxylic acids is 1. The molecule has 0 aliphatic rings. The molecule has 0 saturated carbocycles. The highest BCUT2D eigenvalue weighted by molar-refractivity contribution is 7.92. The van der Waals surface area contributed by atoms with Crippen LogP contribution in [0.4, 0.5) is 15.2 Å². The maximum absolute atomic E-state index is 12.9. The maximum atomic E-state index is 12.9. The molecule has 0 aliphatic heterocycles. The smallest absolute Gasteiger partial charge is 0.261 e. The van der Waals surface area contributed by atoms with E-state index in [1.807, 2.05) is 0 Å². The zero-order valence-electron chi connectivity index (χ0n) is 13.3. The molecule has 2 N–H and O–H groups in total. The van der Waals surface area contributed by atoms with Crippen LogP contribution >= 0.6 is 11.3 Å². The van der Waals surface area contributed by atoms with Gasteiger partial charge in [0, 0.05) is 17.3 Å². The van der Waals surface area contributed by atoms with Gasteiger partial charge in [0.2, 0.25) is 5.91 Å². The molecule has 2 aromatic carbocycles. The van der Waals surface area contributed by atoms with Crippen molar-refractivity contribution in [2.75, 3.05) is 10.0 Å². The van der Waals surface area contributed by atoms with Crippen molar-refractivity contribution in [2.45, 2.75) is 11.3 Å². The molecule has 0 radical (unpaired) electrons. The molecule has 0 fully saturated rings. The molecule has 1 amide bonds. The van der Waals surface area contributed by atoms with Gasteiger partial charge >= 0.3 is 0 Å². The van der Waals surface area contributed by atoms with Crippen LogP contribution in [0, 0.1) is 5.82 Å². The van der Waals surface area contributed by atoms with Crippen LogP contribution in [0.25, 0.3) is 0 Å². The number of thiazole rings is 1. The summed E-state index contributed by atoms with van der Waals surface area (Å²) in [4.78, 5) is 15.9. The van der Waals surface area contributed by atoms with E-state index >= 15 is 0 Å². The molecule has 0 bridgehead atoms. The van der Waals surface area contributed by atoms with Crippen molar-refractivity contribution in [2.24, 2.45) is 0 Å². The molecule has 0 atom stereocenters. The molecule has 0 saturated heterocycles. The molecule has 1 aromatic heterocycles. The normalized spacial score (nSPS) is 11.1. The minimum atomic E-state index is -3.80. The predicted molar refractivity (Wildman–Crippen MR) is 98.1 cm³/mol. The van der Waals surface area contributed by atoms with Gasteiger partial charge < -0.3 is 5.32 Å². The third-order valence-electron chi connectivity index (χ3n) is 3.37. The molecule has 3 rings (SSSR count). The van der Waals surface area contributed by atoms with E-state index < -0.39 is 15.8 Å². The highest BCUT2D eigenvalue weighted by atomic mass is 32.2. The Balaban J connectivity index is 1.63. The van der Waals surface area contributed by atoms with Gasteiger partial charge in [0.25, 0.3) is 10.0 Å². The molecular weight excluding hydrogens is 377 g/mol. The number of hydrogen-bond acceptors (Lipinski definition) is 5. The summed E-state index contributed by atoms with van der Waals surface area (Å²) in [5, 5.41) is 4.96. The van der Waals surface area contributed by atoms with Gasteiger partial charge in [0.15, 0.2) is 5.13 Å². The summed E-state index contributed by atoms with van der Waals surface area (Å²) in [5.41, 5.74) is 1.07. The number of amides is 1. The lowest BCUT2D eigenvalue weighted by Crippen LogP contribution is -2.15. The monoisotopic (exact) mass is 391 g/mol. The average molecular weight is 391 g/mol. The van der Waals surface area contributed by atoms with E-state index in [1.54, 1.807) is 35.8 Å². The summed E-state index contributed by atoms with van der Waals surface area (Å²) < 4.78 is 39.8. The van der Waals surface area contributed by atoms with E-state index in [0.717, 1.165) is 17.7 Å². The Morgan fingerprint density at radius 1 is 1.08 bits per heavy atom. The first-order chi connectivity index (χ1) is 12.4. The summed E-state index contributed by atoms with van der Waals surface area (Å²) in [5.74, 6) is -0.719. The van der Waals surface area contributed by atoms with Crippen LogP contribution in [0.3, 0.4) is 0 Å². The van der Waals surface area contributed by atoms with Crippen molar-refractivity contribution in [3.05, 3.63) is 71.5 Å². The zero-order valence-corrected chi connectivity index (χ0v) is 15.0. The number of halogens is 1. The summed E-state index contributed by atoms with van der Waals surface area (Å²) in [6.45, 7) is 0. The van der Waals surface area contributed by atoms with Gasteiger partial charge in [-0.05, 0) is 42.0 Å². The number of aromatic nitrogens is 1. The molecule has 134 valence electrons. The molecule has 26 heavy (non-hydrogen) atoms. The lowest BCUT2D eigenvalue weighted by Gasteiger charge is -2.09. The van der Waals surface area contributed by atoms with Crippen LogP contribution in [0.2, 0.25) is 0 Å². The van der Waals surface area contributed by atoms with Gasteiger partial charge in [-0.1, -0.05) is 12.1 Å². The fraction of sp³-hybridized carbons (Fsp3) is 0.0588. The van der Waals surface area contributed by atoms with Gasteiger partial charge in [-0.2, -0.15) is 0 Å². The first-order valence-electron chi connectivity index (χ1n) is 7.49. The van der Waals surface area contributed by atoms with Crippen LogP contribution < -0.4 is 10.0 Å². The number of anilines is 2. The molecule has 6 nitrogen and oxygen atoms in total. The predicted octanol–water partition coefficient (Wildman–Crippen LogP) is 3.26. The fourth-order valence-electron chi connectivity index (χ4n) is 2.15. The van der Waals surface area contributed by atoms with Gasteiger partial charge in [0.05, 0.1) is 11.3 Å². The molecule has 0 aliphatic carbocycles. The Kier molecular flexibility index (Phi) is 5.29. The standard InChI is InChI=1S/C17H14FN3O3S2/c18-13-3-7-15(8-4-13)26(23,24)21-14-5-1-12(2-6-14)11-16(22)20-17-19-9-10-25-17/h1-10,21H,11H2,(H,19,20,22). The minimum absolute atomic E-state index is 0.0363. The number of nitrogens with zero attached hydrogens (tertiary/aromatic N) is 1. The molecule has 1 heterocycles. The highest BCUT2D eigenvalue weighted by Crippen LogP contribution is 2.18. The van der Waals surface area contributed by atoms with E-state index in [9.17, 15) is 17.6 Å². The Morgan fingerprint density at radius 3 is 2.38 bits per heavy atom. The largest absolute Gasteiger partial charge is 0.302 e. The third-order valence-corrected chi connectivity index (χ3v) is 5.46. The zero-order chi connectivity index (χ0) is 18.6. The van der Waals surface area contributed by atoms with E-state index in [1.165, 1.54) is 23.5 Å². The van der Waals surface area contributed by atoms with Crippen molar-refractivity contribution in [1.29, 1.82) is 0 Å².